The molecule has 5 nitrogen and oxygen atoms in total. The van der Waals surface area contributed by atoms with Gasteiger partial charge in [0, 0.05) is 21.9 Å². The number of hydrogen-bond donors (Lipinski definition) is 0. The molecule has 4 rings (SSSR count). The van der Waals surface area contributed by atoms with Gasteiger partial charge in [-0.2, -0.15) is 0 Å². The van der Waals surface area contributed by atoms with Crippen molar-refractivity contribution in [1.82, 2.24) is 0 Å². The van der Waals surface area contributed by atoms with Crippen LogP contribution >= 0.6 is 35.7 Å². The van der Waals surface area contributed by atoms with Crippen molar-refractivity contribution in [2.75, 3.05) is 4.90 Å². The van der Waals surface area contributed by atoms with Gasteiger partial charge in [0.15, 0.2) is 4.32 Å². The van der Waals surface area contributed by atoms with Crippen molar-refractivity contribution in [3.05, 3.63) is 98.9 Å². The number of aryl methyl sites for hydroxylation is 1. The second-order valence-electron chi connectivity index (χ2n) is 6.78. The molecular weight excluding hydrogens is 448 g/mol. The lowest BCUT2D eigenvalue weighted by Gasteiger charge is -2.13. The molecule has 0 bridgehead atoms. The summed E-state index contributed by atoms with van der Waals surface area (Å²) in [5.74, 6) is -0.284. The molecule has 8 heteroatoms. The van der Waals surface area contributed by atoms with Gasteiger partial charge in [-0.25, -0.2) is 0 Å². The van der Waals surface area contributed by atoms with Gasteiger partial charge in [-0.1, -0.05) is 71.6 Å². The molecule has 0 atom stereocenters. The van der Waals surface area contributed by atoms with Crippen LogP contribution in [0, 0.1) is 17.0 Å². The van der Waals surface area contributed by atoms with E-state index in [1.54, 1.807) is 30.0 Å². The fraction of sp³-hybridized carbons (Fsp3) is 0.0435. The zero-order valence-electron chi connectivity index (χ0n) is 16.3. The molecule has 3 aromatic rings. The fourth-order valence-corrected chi connectivity index (χ4v) is 5.08. The molecule has 31 heavy (non-hydrogen) atoms. The molecule has 0 aliphatic carbocycles. The lowest BCUT2D eigenvalue weighted by molar-refractivity contribution is -0.384. The first-order chi connectivity index (χ1) is 14.9. The summed E-state index contributed by atoms with van der Waals surface area (Å²) >= 11 is 8.22. The number of nitro benzene ring substituents is 1. The molecule has 1 aliphatic heterocycles. The third kappa shape index (κ3) is 4.87. The monoisotopic (exact) mass is 464 g/mol. The van der Waals surface area contributed by atoms with Gasteiger partial charge in [0.25, 0.3) is 11.6 Å². The van der Waals surface area contributed by atoms with Gasteiger partial charge in [-0.15, -0.1) is 0 Å². The Morgan fingerprint density at radius 3 is 2.32 bits per heavy atom. The van der Waals surface area contributed by atoms with E-state index in [9.17, 15) is 14.9 Å². The van der Waals surface area contributed by atoms with Crippen LogP contribution in [-0.4, -0.2) is 15.2 Å². The molecule has 1 saturated heterocycles. The Bertz CT molecular complexity index is 1210. The molecule has 0 spiro atoms. The Morgan fingerprint density at radius 1 is 1.03 bits per heavy atom. The van der Waals surface area contributed by atoms with Crippen LogP contribution in [0.5, 0.6) is 0 Å². The van der Waals surface area contributed by atoms with E-state index in [0.29, 0.717) is 14.9 Å². The van der Waals surface area contributed by atoms with Crippen molar-refractivity contribution >= 4 is 63.4 Å². The first kappa shape index (κ1) is 21.3. The highest BCUT2D eigenvalue weighted by molar-refractivity contribution is 8.27. The van der Waals surface area contributed by atoms with E-state index in [1.807, 2.05) is 24.3 Å². The van der Waals surface area contributed by atoms with Gasteiger partial charge in [0.2, 0.25) is 0 Å². The van der Waals surface area contributed by atoms with Crippen LogP contribution in [0.2, 0.25) is 0 Å². The van der Waals surface area contributed by atoms with E-state index in [0.717, 1.165) is 15.4 Å². The second kappa shape index (κ2) is 9.05. The minimum atomic E-state index is -0.493. The number of carbonyl (C=O) groups excluding carboxylic acids is 1. The number of benzene rings is 3. The Morgan fingerprint density at radius 2 is 1.68 bits per heavy atom. The number of hydrogen-bond acceptors (Lipinski definition) is 6. The van der Waals surface area contributed by atoms with Gasteiger partial charge < -0.3 is 0 Å². The van der Waals surface area contributed by atoms with Crippen LogP contribution in [0.25, 0.3) is 6.08 Å². The van der Waals surface area contributed by atoms with E-state index in [4.69, 9.17) is 12.2 Å². The number of thioether (sulfide) groups is 1. The maximum Gasteiger partial charge on any atom is 0.271 e. The van der Waals surface area contributed by atoms with Gasteiger partial charge in [0.05, 0.1) is 15.5 Å². The van der Waals surface area contributed by atoms with Gasteiger partial charge in [-0.05, 0) is 48.9 Å². The zero-order valence-corrected chi connectivity index (χ0v) is 18.8. The van der Waals surface area contributed by atoms with Gasteiger partial charge in [-0.3, -0.25) is 19.8 Å². The van der Waals surface area contributed by atoms with Crippen LogP contribution in [0.15, 0.2) is 87.5 Å². The lowest BCUT2D eigenvalue weighted by atomic mass is 10.2. The number of nitro groups is 1. The summed E-state index contributed by atoms with van der Waals surface area (Å²) in [7, 11) is 0. The summed E-state index contributed by atoms with van der Waals surface area (Å²) in [5, 5.41) is 11.0. The number of anilines is 1. The molecule has 1 heterocycles. The molecule has 0 saturated carbocycles. The number of non-ortho nitro benzene ring substituents is 1. The Hall–Kier alpha value is -2.94. The molecule has 154 valence electrons. The third-order valence-corrected chi connectivity index (χ3v) is 6.84. The van der Waals surface area contributed by atoms with Crippen molar-refractivity contribution in [1.29, 1.82) is 0 Å². The molecule has 3 aromatic carbocycles. The molecule has 0 radical (unpaired) electrons. The summed E-state index contributed by atoms with van der Waals surface area (Å²) in [6, 6.07) is 22.2. The highest BCUT2D eigenvalue weighted by Gasteiger charge is 2.33. The molecular formula is C23H16N2O3S3. The van der Waals surface area contributed by atoms with Crippen LogP contribution in [0.1, 0.15) is 11.1 Å². The number of thiocarbonyl (C=S) groups is 1. The predicted molar refractivity (Wildman–Crippen MR) is 130 cm³/mol. The van der Waals surface area contributed by atoms with Crippen LogP contribution in [0.3, 0.4) is 0 Å². The molecule has 0 N–H and O–H groups in total. The molecule has 1 amide bonds. The third-order valence-electron chi connectivity index (χ3n) is 4.53. The van der Waals surface area contributed by atoms with Crippen molar-refractivity contribution in [3.8, 4) is 0 Å². The Balaban J connectivity index is 1.52. The molecule has 1 fully saturated rings. The topological polar surface area (TPSA) is 63.4 Å². The molecule has 0 unspecified atom stereocenters. The lowest BCUT2D eigenvalue weighted by Crippen LogP contribution is -2.27. The quantitative estimate of drug-likeness (QED) is 0.187. The van der Waals surface area contributed by atoms with Crippen molar-refractivity contribution in [3.63, 3.8) is 0 Å². The van der Waals surface area contributed by atoms with Crippen LogP contribution in [0.4, 0.5) is 11.4 Å². The minimum absolute atomic E-state index is 0.0859. The summed E-state index contributed by atoms with van der Waals surface area (Å²) < 4.78 is 0.350. The van der Waals surface area contributed by atoms with Crippen molar-refractivity contribution in [2.45, 2.75) is 16.7 Å². The SMILES string of the molecule is Cc1ccc(Sc2ccc(/C=C3/SC(=S)N(c4cccc([N+](=O)[O-])c4)C3=O)cc2)cc1. The summed E-state index contributed by atoms with van der Waals surface area (Å²) in [5.41, 5.74) is 2.41. The van der Waals surface area contributed by atoms with E-state index < -0.39 is 4.92 Å². The average Bonchev–Trinajstić information content (AvgIpc) is 3.04. The molecule has 1 aliphatic rings. The standard InChI is InChI=1S/C23H16N2O3S3/c1-15-5-9-19(10-6-15)30-20-11-7-16(8-12-20)13-21-22(26)24(23(29)31-21)17-3-2-4-18(14-17)25(27)28/h2-14H,1H3/b21-13+. The summed E-state index contributed by atoms with van der Waals surface area (Å²) in [6.45, 7) is 2.06. The van der Waals surface area contributed by atoms with E-state index >= 15 is 0 Å². The van der Waals surface area contributed by atoms with Gasteiger partial charge >= 0.3 is 0 Å². The fourth-order valence-electron chi connectivity index (χ4n) is 2.96. The summed E-state index contributed by atoms with van der Waals surface area (Å²) in [6.07, 6.45) is 1.79. The van der Waals surface area contributed by atoms with E-state index in [1.165, 1.54) is 34.4 Å². The number of rotatable bonds is 5. The van der Waals surface area contributed by atoms with Gasteiger partial charge in [0.1, 0.15) is 0 Å². The number of carbonyl (C=O) groups is 1. The maximum atomic E-state index is 12.9. The first-order valence-electron chi connectivity index (χ1n) is 9.28. The van der Waals surface area contributed by atoms with Crippen LogP contribution in [-0.2, 0) is 4.79 Å². The normalized spacial score (nSPS) is 15.0. The minimum Gasteiger partial charge on any atom is -0.268 e. The van der Waals surface area contributed by atoms with Crippen molar-refractivity contribution < 1.29 is 9.72 Å². The predicted octanol–water partition coefficient (Wildman–Crippen LogP) is 6.46. The smallest absolute Gasteiger partial charge is 0.268 e. The average molecular weight is 465 g/mol. The largest absolute Gasteiger partial charge is 0.271 e. The molecule has 0 aromatic heterocycles. The Labute approximate surface area is 193 Å². The van der Waals surface area contributed by atoms with E-state index in [2.05, 4.69) is 31.2 Å². The number of amides is 1. The van der Waals surface area contributed by atoms with E-state index in [-0.39, 0.29) is 11.6 Å². The van der Waals surface area contributed by atoms with Crippen LogP contribution < -0.4 is 4.90 Å². The number of nitrogens with zero attached hydrogens (tertiary/aromatic N) is 2. The highest BCUT2D eigenvalue weighted by atomic mass is 32.2. The maximum absolute atomic E-state index is 12.9. The summed E-state index contributed by atoms with van der Waals surface area (Å²) in [4.78, 5) is 27.5. The van der Waals surface area contributed by atoms with Crippen molar-refractivity contribution in [2.24, 2.45) is 0 Å². The first-order valence-corrected chi connectivity index (χ1v) is 11.3. The zero-order chi connectivity index (χ0) is 22.0. The highest BCUT2D eigenvalue weighted by Crippen LogP contribution is 2.37. The Kier molecular flexibility index (Phi) is 6.22. The second-order valence-corrected chi connectivity index (χ2v) is 9.60.